The van der Waals surface area contributed by atoms with E-state index in [-0.39, 0.29) is 36.2 Å². The molecular formula is C46H54N10O8. The Morgan fingerprint density at radius 1 is 0.656 bits per heavy atom. The number of morpholine rings is 2. The number of aliphatic hydroxyl groups excluding tert-OH is 2. The van der Waals surface area contributed by atoms with Crippen LogP contribution in [0.5, 0.6) is 11.5 Å². The molecule has 10 rings (SSSR count). The van der Waals surface area contributed by atoms with Gasteiger partial charge in [-0.25, -0.2) is 19.0 Å². The second-order valence-electron chi connectivity index (χ2n) is 18.6. The van der Waals surface area contributed by atoms with Crippen LogP contribution < -0.4 is 29.9 Å². The maximum atomic E-state index is 13.2. The molecule has 336 valence electrons. The molecule has 8 heterocycles. The van der Waals surface area contributed by atoms with Crippen molar-refractivity contribution in [1.82, 2.24) is 29.2 Å². The minimum Gasteiger partial charge on any atom is -0.484 e. The molecule has 4 aromatic heterocycles. The van der Waals surface area contributed by atoms with E-state index >= 15 is 0 Å². The molecule has 0 radical (unpaired) electrons. The number of aliphatic hydroxyl groups is 2. The number of rotatable bonds is 8. The van der Waals surface area contributed by atoms with Crippen LogP contribution in [0.3, 0.4) is 0 Å². The van der Waals surface area contributed by atoms with Gasteiger partial charge in [-0.05, 0) is 65.8 Å². The van der Waals surface area contributed by atoms with E-state index in [9.17, 15) is 19.8 Å². The van der Waals surface area contributed by atoms with Crippen molar-refractivity contribution in [3.05, 3.63) is 95.8 Å². The number of carbonyl (C=O) groups is 2. The van der Waals surface area contributed by atoms with Crippen molar-refractivity contribution in [2.24, 2.45) is 0 Å². The number of ether oxygens (including phenoxy) is 4. The first kappa shape index (κ1) is 42.9. The van der Waals surface area contributed by atoms with Gasteiger partial charge >= 0.3 is 0 Å². The monoisotopic (exact) mass is 874 g/mol. The maximum Gasteiger partial charge on any atom is 0.261 e. The summed E-state index contributed by atoms with van der Waals surface area (Å²) in [7, 11) is 0. The van der Waals surface area contributed by atoms with Crippen LogP contribution >= 0.6 is 0 Å². The van der Waals surface area contributed by atoms with Crippen molar-refractivity contribution >= 4 is 45.9 Å². The van der Waals surface area contributed by atoms with Crippen LogP contribution in [0.2, 0.25) is 0 Å². The zero-order valence-corrected chi connectivity index (χ0v) is 36.9. The lowest BCUT2D eigenvalue weighted by molar-refractivity contribution is -0.0279. The summed E-state index contributed by atoms with van der Waals surface area (Å²) in [5, 5.41) is 34.2. The van der Waals surface area contributed by atoms with E-state index in [1.165, 1.54) is 12.4 Å². The largest absolute Gasteiger partial charge is 0.484 e. The fraction of sp³-hybridized carbons (Fsp3) is 0.435. The maximum absolute atomic E-state index is 13.2. The summed E-state index contributed by atoms with van der Waals surface area (Å²) in [4.78, 5) is 39.4. The molecule has 0 saturated carbocycles. The van der Waals surface area contributed by atoms with Crippen LogP contribution in [-0.4, -0.2) is 126 Å². The molecule has 0 aliphatic carbocycles. The number of nitrogens with one attached hydrogen (secondary N) is 2. The van der Waals surface area contributed by atoms with Crippen molar-refractivity contribution in [3.63, 3.8) is 0 Å². The molecule has 0 bridgehead atoms. The van der Waals surface area contributed by atoms with Crippen molar-refractivity contribution in [2.45, 2.75) is 76.8 Å². The van der Waals surface area contributed by atoms with Gasteiger partial charge < -0.3 is 49.6 Å². The summed E-state index contributed by atoms with van der Waals surface area (Å²) in [6.07, 6.45) is 11.0. The van der Waals surface area contributed by atoms with Crippen LogP contribution in [0.15, 0.2) is 73.6 Å². The Hall–Kier alpha value is -6.34. The highest BCUT2D eigenvalue weighted by Gasteiger charge is 2.39. The molecular weight excluding hydrogens is 821 g/mol. The van der Waals surface area contributed by atoms with Gasteiger partial charge in [0.2, 0.25) is 0 Å². The quantitative estimate of drug-likeness (QED) is 0.166. The van der Waals surface area contributed by atoms with Crippen LogP contribution in [0, 0.1) is 0 Å². The molecule has 2 atom stereocenters. The summed E-state index contributed by atoms with van der Waals surface area (Å²) >= 11 is 0. The van der Waals surface area contributed by atoms with Crippen molar-refractivity contribution in [2.75, 3.05) is 73.0 Å². The predicted octanol–water partition coefficient (Wildman–Crippen LogP) is 4.57. The highest BCUT2D eigenvalue weighted by Crippen LogP contribution is 2.44. The Balaban J connectivity index is 0.000000162. The molecule has 2 amide bonds. The van der Waals surface area contributed by atoms with Gasteiger partial charge in [-0.2, -0.15) is 10.2 Å². The lowest BCUT2D eigenvalue weighted by atomic mass is 9.99. The smallest absolute Gasteiger partial charge is 0.261 e. The Morgan fingerprint density at radius 2 is 1.08 bits per heavy atom. The number of anilines is 4. The van der Waals surface area contributed by atoms with E-state index in [2.05, 4.69) is 68.3 Å². The summed E-state index contributed by atoms with van der Waals surface area (Å²) in [6.45, 7) is 15.7. The van der Waals surface area contributed by atoms with Crippen LogP contribution in [-0.2, 0) is 22.3 Å². The zero-order valence-electron chi connectivity index (χ0n) is 36.9. The number of amides is 2. The van der Waals surface area contributed by atoms with E-state index in [0.29, 0.717) is 86.0 Å². The molecule has 2 fully saturated rings. The molecule has 18 heteroatoms. The molecule has 0 spiro atoms. The summed E-state index contributed by atoms with van der Waals surface area (Å²) < 4.78 is 27.0. The minimum atomic E-state index is -0.668. The Morgan fingerprint density at radius 3 is 1.47 bits per heavy atom. The first-order valence-electron chi connectivity index (χ1n) is 21.4. The molecule has 2 saturated heterocycles. The molecule has 2 aromatic carbocycles. The van der Waals surface area contributed by atoms with Gasteiger partial charge in [0, 0.05) is 87.1 Å². The molecule has 6 aromatic rings. The summed E-state index contributed by atoms with van der Waals surface area (Å²) in [5.41, 5.74) is 4.82. The van der Waals surface area contributed by atoms with Gasteiger partial charge in [-0.1, -0.05) is 0 Å². The number of carbonyl (C=O) groups excluding carboxylic acids is 2. The lowest BCUT2D eigenvalue weighted by Gasteiger charge is -2.40. The molecule has 18 nitrogen and oxygen atoms in total. The van der Waals surface area contributed by atoms with Gasteiger partial charge in [-0.3, -0.25) is 9.59 Å². The zero-order chi connectivity index (χ0) is 45.0. The second-order valence-corrected chi connectivity index (χ2v) is 18.6. The van der Waals surface area contributed by atoms with E-state index < -0.39 is 11.2 Å². The van der Waals surface area contributed by atoms with Gasteiger partial charge in [0.15, 0.2) is 11.3 Å². The topological polar surface area (TPSA) is 202 Å². The summed E-state index contributed by atoms with van der Waals surface area (Å²) in [5.74, 6) is 0.903. The van der Waals surface area contributed by atoms with Gasteiger partial charge in [-0.15, -0.1) is 0 Å². The average molecular weight is 875 g/mol. The van der Waals surface area contributed by atoms with Crippen LogP contribution in [0.25, 0.3) is 11.3 Å². The first-order valence-corrected chi connectivity index (χ1v) is 21.4. The number of hydrogen-bond donors (Lipinski definition) is 4. The predicted molar refractivity (Wildman–Crippen MR) is 239 cm³/mol. The van der Waals surface area contributed by atoms with Gasteiger partial charge in [0.25, 0.3) is 11.8 Å². The summed E-state index contributed by atoms with van der Waals surface area (Å²) in [6, 6.07) is 11.3. The van der Waals surface area contributed by atoms with Crippen molar-refractivity contribution < 1.29 is 38.7 Å². The lowest BCUT2D eigenvalue weighted by Crippen LogP contribution is -2.48. The Kier molecular flexibility index (Phi) is 11.0. The molecule has 4 aliphatic heterocycles. The third-order valence-corrected chi connectivity index (χ3v) is 11.9. The second kappa shape index (κ2) is 16.3. The Labute approximate surface area is 370 Å². The molecule has 64 heavy (non-hydrogen) atoms. The SMILES string of the molecule is CC1(C)CN(c2cc3c(cc2NC(=O)c2cnn4cccnc24)C[C@@](C)(CO)O3)CCO1.CC1(C)CN(c2cc3c(cc2NC(=O)c2cnn4cccnc24)C[C@](C)(CO)O3)CCO1. The minimum absolute atomic E-state index is 0.0860. The fourth-order valence-corrected chi connectivity index (χ4v) is 8.80. The van der Waals surface area contributed by atoms with Crippen LogP contribution in [0.4, 0.5) is 22.7 Å². The van der Waals surface area contributed by atoms with E-state index in [0.717, 1.165) is 34.0 Å². The van der Waals surface area contributed by atoms with Crippen LogP contribution in [0.1, 0.15) is 73.4 Å². The van der Waals surface area contributed by atoms with E-state index in [4.69, 9.17) is 18.9 Å². The number of aromatic nitrogens is 6. The third-order valence-electron chi connectivity index (χ3n) is 11.9. The van der Waals surface area contributed by atoms with E-state index in [1.54, 1.807) is 46.0 Å². The number of fused-ring (bicyclic) bond motifs is 4. The van der Waals surface area contributed by atoms with Crippen molar-refractivity contribution in [3.8, 4) is 11.5 Å². The molecule has 4 aliphatic rings. The van der Waals surface area contributed by atoms with Gasteiger partial charge in [0.1, 0.15) is 33.8 Å². The Bertz CT molecular complexity index is 2570. The first-order chi connectivity index (χ1) is 30.5. The number of nitrogens with zero attached hydrogens (tertiary/aromatic N) is 8. The van der Waals surface area contributed by atoms with E-state index in [1.807, 2.05) is 38.1 Å². The third kappa shape index (κ3) is 8.53. The number of hydrogen-bond acceptors (Lipinski definition) is 14. The standard InChI is InChI=1S/2C23H27N5O4/c2*1-22(2)13-27(7-8-31-22)18-10-19-15(11-23(3,14-29)32-19)9-17(18)26-21(30)16-12-25-28-6-4-5-24-20(16)28/h2*4-6,9-10,12,29H,7-8,11,13-14H2,1-3H3,(H,26,30)/t2*23-/m10/s1. The highest BCUT2D eigenvalue weighted by molar-refractivity contribution is 6.10. The fourth-order valence-electron chi connectivity index (χ4n) is 8.80. The molecule has 0 unspecified atom stereocenters. The van der Waals surface area contributed by atoms with Crippen molar-refractivity contribution in [1.29, 1.82) is 0 Å². The average Bonchev–Trinajstić information content (AvgIpc) is 4.05. The van der Waals surface area contributed by atoms with Gasteiger partial charge in [0.05, 0.1) is 72.8 Å². The number of benzene rings is 2. The normalized spacial score (nSPS) is 21.9. The molecule has 4 N–H and O–H groups in total. The highest BCUT2D eigenvalue weighted by atomic mass is 16.5.